The molecule has 0 amide bonds. The highest BCUT2D eigenvalue weighted by Crippen LogP contribution is 2.63. The lowest BCUT2D eigenvalue weighted by Gasteiger charge is -2.33. The number of rotatable bonds is 5. The van der Waals surface area contributed by atoms with E-state index in [1.807, 2.05) is 11.3 Å². The van der Waals surface area contributed by atoms with Crippen molar-refractivity contribution in [1.29, 1.82) is 0 Å². The van der Waals surface area contributed by atoms with Crippen molar-refractivity contribution in [2.75, 3.05) is 4.90 Å². The SMILES string of the molecule is CC1(C)c2ccccc2-c2ccc(N(c3ccc(-c4cccc5c4sc4ccccc45)cc3)c3c4c(cc5c3-c3cc(-c6ccccc6)ccc3C5(C)C)C(C)(C)c3ccccc3-4)cc21. The first kappa shape index (κ1) is 38.5. The molecular formula is C63H49NS. The van der Waals surface area contributed by atoms with Gasteiger partial charge in [0.15, 0.2) is 0 Å². The van der Waals surface area contributed by atoms with Crippen LogP contribution in [0.25, 0.3) is 75.8 Å². The molecule has 0 saturated heterocycles. The number of fused-ring (bicyclic) bond motifs is 12. The van der Waals surface area contributed by atoms with E-state index in [9.17, 15) is 0 Å². The Labute approximate surface area is 386 Å². The standard InChI is InChI=1S/C63H49NS/c1-61(2)50-24-13-10-19-44(50)45-33-32-42(36-53(45)61)64(41-30-27-39(28-31-41)43-22-16-23-47-46-20-12-15-26-56(46)65-60(43)47)59-57-48-21-11-14-25-51(48)62(3,4)54(57)37-55-58(59)49-35-40(38-17-8-7-9-18-38)29-34-52(49)63(55,5)6/h7-37H,1-6H3. The third kappa shape index (κ3) is 5.32. The van der Waals surface area contributed by atoms with Crippen LogP contribution in [-0.2, 0) is 16.2 Å². The second-order valence-corrected chi connectivity index (χ2v) is 21.1. The molecule has 65 heavy (non-hydrogen) atoms. The Morgan fingerprint density at radius 1 is 0.338 bits per heavy atom. The lowest BCUT2D eigenvalue weighted by Crippen LogP contribution is -2.21. The molecule has 0 bridgehead atoms. The summed E-state index contributed by atoms with van der Waals surface area (Å²) < 4.78 is 2.66. The van der Waals surface area contributed by atoms with E-state index in [0.717, 1.165) is 5.69 Å². The highest BCUT2D eigenvalue weighted by molar-refractivity contribution is 7.26. The maximum Gasteiger partial charge on any atom is 0.0624 e. The molecule has 9 aromatic carbocycles. The zero-order chi connectivity index (χ0) is 44.0. The average molecular weight is 852 g/mol. The van der Waals surface area contributed by atoms with Crippen LogP contribution >= 0.6 is 11.3 Å². The van der Waals surface area contributed by atoms with Crippen molar-refractivity contribution in [1.82, 2.24) is 0 Å². The molecule has 0 N–H and O–H groups in total. The molecule has 0 fully saturated rings. The van der Waals surface area contributed by atoms with Gasteiger partial charge in [-0.25, -0.2) is 0 Å². The molecule has 10 aromatic rings. The van der Waals surface area contributed by atoms with Gasteiger partial charge in [0.25, 0.3) is 0 Å². The van der Waals surface area contributed by atoms with E-state index in [-0.39, 0.29) is 16.2 Å². The van der Waals surface area contributed by atoms with Crippen LogP contribution in [0, 0.1) is 0 Å². The Morgan fingerprint density at radius 2 is 0.892 bits per heavy atom. The van der Waals surface area contributed by atoms with E-state index < -0.39 is 0 Å². The lowest BCUT2D eigenvalue weighted by atomic mass is 9.77. The van der Waals surface area contributed by atoms with Crippen molar-refractivity contribution in [3.8, 4) is 55.6 Å². The predicted octanol–water partition coefficient (Wildman–Crippen LogP) is 17.8. The van der Waals surface area contributed by atoms with Gasteiger partial charge in [0.2, 0.25) is 0 Å². The van der Waals surface area contributed by atoms with Crippen LogP contribution in [0.2, 0.25) is 0 Å². The molecule has 0 unspecified atom stereocenters. The molecular weight excluding hydrogens is 803 g/mol. The first-order valence-corrected chi connectivity index (χ1v) is 23.9. The fraction of sp³-hybridized carbons (Fsp3) is 0.143. The van der Waals surface area contributed by atoms with Crippen molar-refractivity contribution in [3.63, 3.8) is 0 Å². The Bertz CT molecular complexity index is 3620. The van der Waals surface area contributed by atoms with Gasteiger partial charge in [-0.1, -0.05) is 193 Å². The molecule has 0 atom stereocenters. The van der Waals surface area contributed by atoms with Crippen molar-refractivity contribution < 1.29 is 0 Å². The van der Waals surface area contributed by atoms with Crippen LogP contribution in [-0.4, -0.2) is 0 Å². The maximum absolute atomic E-state index is 2.64. The monoisotopic (exact) mass is 851 g/mol. The number of anilines is 3. The topological polar surface area (TPSA) is 3.24 Å². The first-order valence-electron chi connectivity index (χ1n) is 23.1. The lowest BCUT2D eigenvalue weighted by molar-refractivity contribution is 0.639. The summed E-state index contributed by atoms with van der Waals surface area (Å²) in [6.07, 6.45) is 0. The van der Waals surface area contributed by atoms with E-state index in [1.54, 1.807) is 0 Å². The number of thiophene rings is 1. The molecule has 1 heterocycles. The minimum Gasteiger partial charge on any atom is -0.309 e. The van der Waals surface area contributed by atoms with E-state index >= 15 is 0 Å². The van der Waals surface area contributed by atoms with Crippen LogP contribution in [0.1, 0.15) is 74.9 Å². The van der Waals surface area contributed by atoms with Gasteiger partial charge in [0.1, 0.15) is 0 Å². The summed E-state index contributed by atoms with van der Waals surface area (Å²) in [5.74, 6) is 0. The Morgan fingerprint density at radius 3 is 1.66 bits per heavy atom. The summed E-state index contributed by atoms with van der Waals surface area (Å²) in [7, 11) is 0. The summed E-state index contributed by atoms with van der Waals surface area (Å²) >= 11 is 1.90. The van der Waals surface area contributed by atoms with Crippen LogP contribution in [0.4, 0.5) is 17.1 Å². The van der Waals surface area contributed by atoms with Gasteiger partial charge < -0.3 is 4.90 Å². The molecule has 0 spiro atoms. The molecule has 13 rings (SSSR count). The molecule has 1 aromatic heterocycles. The second-order valence-electron chi connectivity index (χ2n) is 20.1. The Kier molecular flexibility index (Phi) is 8.00. The highest BCUT2D eigenvalue weighted by Gasteiger charge is 2.46. The third-order valence-corrected chi connectivity index (χ3v) is 16.7. The normalized spacial score (nSPS) is 15.3. The number of hydrogen-bond donors (Lipinski definition) is 0. The molecule has 3 aliphatic carbocycles. The summed E-state index contributed by atoms with van der Waals surface area (Å²) in [5.41, 5.74) is 24.2. The van der Waals surface area contributed by atoms with Gasteiger partial charge in [-0.2, -0.15) is 0 Å². The summed E-state index contributed by atoms with van der Waals surface area (Å²) in [6.45, 7) is 14.5. The molecule has 0 saturated carbocycles. The first-order chi connectivity index (χ1) is 31.5. The van der Waals surface area contributed by atoms with Crippen LogP contribution in [0.3, 0.4) is 0 Å². The average Bonchev–Trinajstić information content (AvgIpc) is 3.98. The zero-order valence-corrected chi connectivity index (χ0v) is 38.6. The highest BCUT2D eigenvalue weighted by atomic mass is 32.1. The fourth-order valence-electron chi connectivity index (χ4n) is 12.1. The summed E-state index contributed by atoms with van der Waals surface area (Å²) in [4.78, 5) is 2.64. The van der Waals surface area contributed by atoms with Crippen LogP contribution in [0.5, 0.6) is 0 Å². The number of nitrogens with zero attached hydrogens (tertiary/aromatic N) is 1. The smallest absolute Gasteiger partial charge is 0.0624 e. The fourth-order valence-corrected chi connectivity index (χ4v) is 13.3. The molecule has 312 valence electrons. The predicted molar refractivity (Wildman–Crippen MR) is 278 cm³/mol. The van der Waals surface area contributed by atoms with Gasteiger partial charge in [0.05, 0.1) is 5.69 Å². The molecule has 0 radical (unpaired) electrons. The third-order valence-electron chi connectivity index (χ3n) is 15.5. The second kappa shape index (κ2) is 13.5. The summed E-state index contributed by atoms with van der Waals surface area (Å²) in [6, 6.07) is 71.3. The summed E-state index contributed by atoms with van der Waals surface area (Å²) in [5, 5.41) is 2.65. The Balaban J connectivity index is 1.11. The quantitative estimate of drug-likeness (QED) is 0.167. The van der Waals surface area contributed by atoms with Crippen molar-refractivity contribution >= 4 is 48.6 Å². The molecule has 1 nitrogen and oxygen atoms in total. The van der Waals surface area contributed by atoms with Crippen molar-refractivity contribution in [3.05, 3.63) is 221 Å². The van der Waals surface area contributed by atoms with Crippen molar-refractivity contribution in [2.24, 2.45) is 0 Å². The van der Waals surface area contributed by atoms with Gasteiger partial charge in [-0.3, -0.25) is 0 Å². The number of hydrogen-bond acceptors (Lipinski definition) is 2. The minimum atomic E-state index is -0.228. The van der Waals surface area contributed by atoms with Gasteiger partial charge in [-0.15, -0.1) is 11.3 Å². The Hall–Kier alpha value is -7.00. The van der Waals surface area contributed by atoms with Gasteiger partial charge in [0, 0.05) is 58.9 Å². The van der Waals surface area contributed by atoms with Gasteiger partial charge in [-0.05, 0) is 114 Å². The molecule has 2 heteroatoms. The van der Waals surface area contributed by atoms with E-state index in [4.69, 9.17) is 0 Å². The number of benzene rings is 9. The molecule has 3 aliphatic rings. The zero-order valence-electron chi connectivity index (χ0n) is 37.8. The van der Waals surface area contributed by atoms with E-state index in [1.165, 1.54) is 121 Å². The van der Waals surface area contributed by atoms with E-state index in [0.29, 0.717) is 0 Å². The van der Waals surface area contributed by atoms with Crippen molar-refractivity contribution in [2.45, 2.75) is 57.8 Å². The minimum absolute atomic E-state index is 0.158. The molecule has 0 aliphatic heterocycles. The van der Waals surface area contributed by atoms with Crippen LogP contribution < -0.4 is 4.90 Å². The van der Waals surface area contributed by atoms with E-state index in [2.05, 4.69) is 234 Å². The largest absolute Gasteiger partial charge is 0.309 e. The van der Waals surface area contributed by atoms with Gasteiger partial charge >= 0.3 is 0 Å². The van der Waals surface area contributed by atoms with Crippen LogP contribution in [0.15, 0.2) is 188 Å². The maximum atomic E-state index is 2.64.